The van der Waals surface area contributed by atoms with Gasteiger partial charge in [-0.1, -0.05) is 18.2 Å². The molecule has 1 amide bonds. The fourth-order valence-electron chi connectivity index (χ4n) is 1.32. The highest BCUT2D eigenvalue weighted by molar-refractivity contribution is 5.77. The van der Waals surface area contributed by atoms with E-state index in [1.165, 1.54) is 7.11 Å². The van der Waals surface area contributed by atoms with Crippen LogP contribution in [0.3, 0.4) is 0 Å². The van der Waals surface area contributed by atoms with Gasteiger partial charge in [0.25, 0.3) is 0 Å². The van der Waals surface area contributed by atoms with Crippen LogP contribution in [0.25, 0.3) is 0 Å². The number of nitrogens with one attached hydrogen (secondary N) is 1. The fraction of sp³-hybridized carbons (Fsp3) is 0.417. The van der Waals surface area contributed by atoms with Crippen molar-refractivity contribution in [1.82, 2.24) is 5.32 Å². The lowest BCUT2D eigenvalue weighted by atomic mass is 10.2. The maximum atomic E-state index is 11.2. The smallest absolute Gasteiger partial charge is 0.246 e. The molecule has 0 aromatic heterocycles. The zero-order chi connectivity index (χ0) is 11.8. The highest BCUT2D eigenvalue weighted by Crippen LogP contribution is 2.17. The lowest BCUT2D eigenvalue weighted by molar-refractivity contribution is -0.124. The number of carbonyl (C=O) groups excluding carboxylic acids is 1. The molecule has 1 aromatic rings. The summed E-state index contributed by atoms with van der Waals surface area (Å²) in [4.78, 5) is 11.2. The molecule has 0 saturated carbocycles. The number of ether oxygens (including phenoxy) is 2. The molecule has 0 aliphatic carbocycles. The summed E-state index contributed by atoms with van der Waals surface area (Å²) in [6, 6.07) is 7.64. The molecule has 1 rings (SSSR count). The quantitative estimate of drug-likeness (QED) is 0.791. The molecule has 1 aromatic carbocycles. The molecule has 0 unspecified atom stereocenters. The molecule has 16 heavy (non-hydrogen) atoms. The summed E-state index contributed by atoms with van der Waals surface area (Å²) in [6.07, 6.45) is 0. The minimum absolute atomic E-state index is 0.0802. The van der Waals surface area contributed by atoms with Gasteiger partial charge >= 0.3 is 0 Å². The van der Waals surface area contributed by atoms with Crippen molar-refractivity contribution in [1.29, 1.82) is 0 Å². The van der Waals surface area contributed by atoms with Crippen molar-refractivity contribution < 1.29 is 14.3 Å². The van der Waals surface area contributed by atoms with E-state index in [4.69, 9.17) is 9.47 Å². The summed E-state index contributed by atoms with van der Waals surface area (Å²) in [6.45, 7) is 3.08. The minimum Gasteiger partial charge on any atom is -0.494 e. The van der Waals surface area contributed by atoms with Gasteiger partial charge in [0.15, 0.2) is 0 Å². The maximum absolute atomic E-state index is 11.2. The van der Waals surface area contributed by atoms with E-state index in [2.05, 4.69) is 5.32 Å². The second kappa shape index (κ2) is 6.85. The van der Waals surface area contributed by atoms with Gasteiger partial charge in [0, 0.05) is 19.2 Å². The number of para-hydroxylation sites is 1. The summed E-state index contributed by atoms with van der Waals surface area (Å²) in [5, 5.41) is 2.75. The van der Waals surface area contributed by atoms with E-state index in [9.17, 15) is 4.79 Å². The molecule has 1 N–H and O–H groups in total. The van der Waals surface area contributed by atoms with Crippen molar-refractivity contribution in [3.8, 4) is 5.75 Å². The second-order valence-corrected chi connectivity index (χ2v) is 3.25. The number of methoxy groups -OCH3 is 1. The molecule has 0 heterocycles. The molecular formula is C12H17NO3. The van der Waals surface area contributed by atoms with Gasteiger partial charge < -0.3 is 14.8 Å². The molecule has 0 fully saturated rings. The van der Waals surface area contributed by atoms with Crippen LogP contribution in [-0.4, -0.2) is 26.2 Å². The lowest BCUT2D eigenvalue weighted by Crippen LogP contribution is -2.26. The van der Waals surface area contributed by atoms with Gasteiger partial charge in [0.2, 0.25) is 5.91 Å². The first-order valence-electron chi connectivity index (χ1n) is 5.24. The molecule has 0 bridgehead atoms. The molecule has 0 atom stereocenters. The molecule has 4 heteroatoms. The van der Waals surface area contributed by atoms with Crippen LogP contribution >= 0.6 is 0 Å². The number of hydrogen-bond donors (Lipinski definition) is 1. The SMILES string of the molecule is CCOc1ccccc1CNC(=O)COC. The van der Waals surface area contributed by atoms with Gasteiger partial charge in [0.1, 0.15) is 12.4 Å². The molecular weight excluding hydrogens is 206 g/mol. The van der Waals surface area contributed by atoms with E-state index < -0.39 is 0 Å². The highest BCUT2D eigenvalue weighted by atomic mass is 16.5. The number of amides is 1. The van der Waals surface area contributed by atoms with Crippen LogP contribution in [0.5, 0.6) is 5.75 Å². The van der Waals surface area contributed by atoms with Crippen molar-refractivity contribution in [2.45, 2.75) is 13.5 Å². The third-order valence-electron chi connectivity index (χ3n) is 2.02. The third kappa shape index (κ3) is 3.90. The van der Waals surface area contributed by atoms with Gasteiger partial charge in [-0.3, -0.25) is 4.79 Å². The molecule has 0 aliphatic heterocycles. The Balaban J connectivity index is 2.55. The van der Waals surface area contributed by atoms with Crippen molar-refractivity contribution in [2.75, 3.05) is 20.3 Å². The summed E-state index contributed by atoms with van der Waals surface area (Å²) in [7, 11) is 1.49. The predicted octanol–water partition coefficient (Wildman–Crippen LogP) is 1.35. The molecule has 0 spiro atoms. The summed E-state index contributed by atoms with van der Waals surface area (Å²) >= 11 is 0. The average molecular weight is 223 g/mol. The summed E-state index contributed by atoms with van der Waals surface area (Å²) < 4.78 is 10.2. The van der Waals surface area contributed by atoms with Crippen molar-refractivity contribution in [3.63, 3.8) is 0 Å². The van der Waals surface area contributed by atoms with Gasteiger partial charge in [-0.2, -0.15) is 0 Å². The monoisotopic (exact) mass is 223 g/mol. The highest BCUT2D eigenvalue weighted by Gasteiger charge is 2.04. The zero-order valence-corrected chi connectivity index (χ0v) is 9.66. The Hall–Kier alpha value is -1.55. The normalized spacial score (nSPS) is 9.88. The Morgan fingerprint density at radius 2 is 2.12 bits per heavy atom. The average Bonchev–Trinajstić information content (AvgIpc) is 2.29. The lowest BCUT2D eigenvalue weighted by Gasteiger charge is -2.10. The topological polar surface area (TPSA) is 47.6 Å². The Bertz CT molecular complexity index is 339. The number of rotatable bonds is 6. The predicted molar refractivity (Wildman–Crippen MR) is 61.3 cm³/mol. The summed E-state index contributed by atoms with van der Waals surface area (Å²) in [5.41, 5.74) is 0.966. The van der Waals surface area contributed by atoms with Crippen molar-refractivity contribution in [3.05, 3.63) is 29.8 Å². The Labute approximate surface area is 95.6 Å². The first-order valence-corrected chi connectivity index (χ1v) is 5.24. The van der Waals surface area contributed by atoms with E-state index in [1.54, 1.807) is 0 Å². The van der Waals surface area contributed by atoms with E-state index in [-0.39, 0.29) is 12.5 Å². The van der Waals surface area contributed by atoms with Gasteiger partial charge in [0.05, 0.1) is 6.61 Å². The van der Waals surface area contributed by atoms with Crippen LogP contribution in [0, 0.1) is 0 Å². The second-order valence-electron chi connectivity index (χ2n) is 3.25. The molecule has 4 nitrogen and oxygen atoms in total. The first kappa shape index (κ1) is 12.5. The number of benzene rings is 1. The Kier molecular flexibility index (Phi) is 5.36. The third-order valence-corrected chi connectivity index (χ3v) is 2.02. The molecule has 0 radical (unpaired) electrons. The van der Waals surface area contributed by atoms with Crippen LogP contribution in [0.1, 0.15) is 12.5 Å². The first-order chi connectivity index (χ1) is 7.77. The van der Waals surface area contributed by atoms with Gasteiger partial charge in [-0.05, 0) is 13.0 Å². The molecule has 0 aliphatic rings. The van der Waals surface area contributed by atoms with Crippen LogP contribution in [0.4, 0.5) is 0 Å². The van der Waals surface area contributed by atoms with Gasteiger partial charge in [-0.15, -0.1) is 0 Å². The molecule has 0 saturated heterocycles. The maximum Gasteiger partial charge on any atom is 0.246 e. The summed E-state index contributed by atoms with van der Waals surface area (Å²) in [5.74, 6) is 0.677. The Morgan fingerprint density at radius 3 is 2.81 bits per heavy atom. The number of hydrogen-bond acceptors (Lipinski definition) is 3. The fourth-order valence-corrected chi connectivity index (χ4v) is 1.32. The zero-order valence-electron chi connectivity index (χ0n) is 9.66. The van der Waals surface area contributed by atoms with E-state index in [0.29, 0.717) is 13.2 Å². The standard InChI is InChI=1S/C12H17NO3/c1-3-16-11-7-5-4-6-10(11)8-13-12(14)9-15-2/h4-7H,3,8-9H2,1-2H3,(H,13,14). The van der Waals surface area contributed by atoms with Crippen molar-refractivity contribution >= 4 is 5.91 Å². The molecule has 88 valence electrons. The largest absolute Gasteiger partial charge is 0.494 e. The number of carbonyl (C=O) groups is 1. The van der Waals surface area contributed by atoms with E-state index >= 15 is 0 Å². The van der Waals surface area contributed by atoms with Crippen LogP contribution in [0.15, 0.2) is 24.3 Å². The van der Waals surface area contributed by atoms with E-state index in [1.807, 2.05) is 31.2 Å². The Morgan fingerprint density at radius 1 is 1.38 bits per heavy atom. The van der Waals surface area contributed by atoms with Crippen LogP contribution in [0.2, 0.25) is 0 Å². The van der Waals surface area contributed by atoms with Gasteiger partial charge in [-0.25, -0.2) is 0 Å². The van der Waals surface area contributed by atoms with Crippen LogP contribution < -0.4 is 10.1 Å². The van der Waals surface area contributed by atoms with Crippen molar-refractivity contribution in [2.24, 2.45) is 0 Å². The van der Waals surface area contributed by atoms with Crippen LogP contribution in [-0.2, 0) is 16.1 Å². The minimum atomic E-state index is -0.131. The van der Waals surface area contributed by atoms with E-state index in [0.717, 1.165) is 11.3 Å².